The molecule has 1 heterocycles. The average Bonchev–Trinajstić information content (AvgIpc) is 2.47. The van der Waals surface area contributed by atoms with Gasteiger partial charge in [0.25, 0.3) is 0 Å². The molecule has 1 fully saturated rings. The lowest BCUT2D eigenvalue weighted by molar-refractivity contribution is 0.443. The molecule has 0 saturated heterocycles. The van der Waals surface area contributed by atoms with Gasteiger partial charge in [0.1, 0.15) is 5.58 Å². The minimum atomic E-state index is -0.291. The highest BCUT2D eigenvalue weighted by atomic mass is 16.4. The largest absolute Gasteiger partial charge is 0.422 e. The molecule has 0 radical (unpaired) electrons. The van der Waals surface area contributed by atoms with Crippen molar-refractivity contribution in [3.63, 3.8) is 0 Å². The molecule has 1 aliphatic rings. The molecule has 0 N–H and O–H groups in total. The Morgan fingerprint density at radius 3 is 2.75 bits per heavy atom. The number of aliphatic imine (C=N–C) groups is 1. The fraction of sp³-hybridized carbons (Fsp3) is 0.412. The molecule has 20 heavy (non-hydrogen) atoms. The van der Waals surface area contributed by atoms with Gasteiger partial charge >= 0.3 is 5.63 Å². The molecule has 1 aromatic heterocycles. The van der Waals surface area contributed by atoms with E-state index in [1.807, 2.05) is 37.3 Å². The summed E-state index contributed by atoms with van der Waals surface area (Å²) >= 11 is 0. The Kier molecular flexibility index (Phi) is 3.68. The Bertz CT molecular complexity index is 693. The van der Waals surface area contributed by atoms with Crippen LogP contribution in [0.5, 0.6) is 0 Å². The van der Waals surface area contributed by atoms with Gasteiger partial charge in [0.15, 0.2) is 0 Å². The van der Waals surface area contributed by atoms with Crippen molar-refractivity contribution in [3.05, 3.63) is 46.3 Å². The minimum absolute atomic E-state index is 0.291. The molecular formula is C17H19NO2. The topological polar surface area (TPSA) is 42.6 Å². The second-order valence-electron chi connectivity index (χ2n) is 5.49. The maximum absolute atomic E-state index is 12.1. The summed E-state index contributed by atoms with van der Waals surface area (Å²) in [4.78, 5) is 16.8. The van der Waals surface area contributed by atoms with Crippen molar-refractivity contribution in [1.82, 2.24) is 0 Å². The molecule has 1 aromatic carbocycles. The fourth-order valence-electron chi connectivity index (χ4n) is 2.87. The van der Waals surface area contributed by atoms with E-state index in [-0.39, 0.29) is 5.63 Å². The molecule has 0 aliphatic heterocycles. The Hall–Kier alpha value is -1.90. The summed E-state index contributed by atoms with van der Waals surface area (Å²) in [5.74, 6) is 0. The number of hydrogen-bond acceptors (Lipinski definition) is 3. The third kappa shape index (κ3) is 2.67. The maximum Gasteiger partial charge on any atom is 0.345 e. The van der Waals surface area contributed by atoms with E-state index in [4.69, 9.17) is 9.41 Å². The van der Waals surface area contributed by atoms with Gasteiger partial charge in [0, 0.05) is 11.1 Å². The Labute approximate surface area is 118 Å². The van der Waals surface area contributed by atoms with Gasteiger partial charge in [0.2, 0.25) is 0 Å². The molecule has 0 bridgehead atoms. The van der Waals surface area contributed by atoms with Crippen LogP contribution in [0.4, 0.5) is 0 Å². The molecule has 3 nitrogen and oxygen atoms in total. The molecule has 0 atom stereocenters. The zero-order valence-electron chi connectivity index (χ0n) is 11.8. The molecule has 2 aromatic rings. The van der Waals surface area contributed by atoms with E-state index in [1.165, 1.54) is 19.3 Å². The zero-order chi connectivity index (χ0) is 13.9. The molecule has 0 unspecified atom stereocenters. The van der Waals surface area contributed by atoms with Crippen LogP contribution in [-0.2, 0) is 0 Å². The highest BCUT2D eigenvalue weighted by Gasteiger charge is 2.14. The first-order valence-electron chi connectivity index (χ1n) is 7.32. The molecule has 0 amide bonds. The van der Waals surface area contributed by atoms with Crippen LogP contribution >= 0.6 is 0 Å². The molecule has 3 rings (SSSR count). The first kappa shape index (κ1) is 13.1. The number of rotatable bonds is 2. The number of hydrogen-bond donors (Lipinski definition) is 0. The number of nitrogens with zero attached hydrogens (tertiary/aromatic N) is 1. The van der Waals surface area contributed by atoms with Gasteiger partial charge in [0.05, 0.1) is 11.6 Å². The Balaban J connectivity index is 1.98. The fourth-order valence-corrected chi connectivity index (χ4v) is 2.87. The van der Waals surface area contributed by atoms with Crippen LogP contribution in [0.15, 0.2) is 44.5 Å². The van der Waals surface area contributed by atoms with E-state index in [2.05, 4.69) is 0 Å². The molecular weight excluding hydrogens is 250 g/mol. The monoisotopic (exact) mass is 269 g/mol. The summed E-state index contributed by atoms with van der Waals surface area (Å²) in [5, 5.41) is 0.945. The van der Waals surface area contributed by atoms with Crippen molar-refractivity contribution >= 4 is 16.7 Å². The summed E-state index contributed by atoms with van der Waals surface area (Å²) in [5.41, 5.74) is 1.73. The highest BCUT2D eigenvalue weighted by Crippen LogP contribution is 2.21. The van der Waals surface area contributed by atoms with Gasteiger partial charge in [-0.2, -0.15) is 0 Å². The number of fused-ring (bicyclic) bond motifs is 1. The summed E-state index contributed by atoms with van der Waals surface area (Å²) in [6, 6.07) is 9.84. The van der Waals surface area contributed by atoms with Crippen LogP contribution in [0, 0.1) is 0 Å². The Morgan fingerprint density at radius 1 is 1.20 bits per heavy atom. The predicted molar refractivity (Wildman–Crippen MR) is 81.6 cm³/mol. The lowest BCUT2D eigenvalue weighted by atomic mass is 9.96. The third-order valence-corrected chi connectivity index (χ3v) is 3.98. The van der Waals surface area contributed by atoms with Crippen LogP contribution in [0.25, 0.3) is 11.0 Å². The van der Waals surface area contributed by atoms with Crippen LogP contribution < -0.4 is 5.63 Å². The van der Waals surface area contributed by atoms with Gasteiger partial charge in [-0.05, 0) is 31.9 Å². The third-order valence-electron chi connectivity index (χ3n) is 3.98. The van der Waals surface area contributed by atoms with Crippen LogP contribution in [-0.4, -0.2) is 11.8 Å². The van der Waals surface area contributed by atoms with E-state index >= 15 is 0 Å². The van der Waals surface area contributed by atoms with Gasteiger partial charge in [-0.1, -0.05) is 37.5 Å². The standard InChI is InChI=1S/C17H19NO2/c1-12(18-14-8-3-2-4-9-14)15-11-13-7-5-6-10-16(13)20-17(15)19/h5-7,10-11,14H,2-4,8-9H2,1H3. The summed E-state index contributed by atoms with van der Waals surface area (Å²) in [7, 11) is 0. The van der Waals surface area contributed by atoms with Crippen molar-refractivity contribution in [2.24, 2.45) is 4.99 Å². The Morgan fingerprint density at radius 2 is 1.95 bits per heavy atom. The van der Waals surface area contributed by atoms with Gasteiger partial charge in [-0.25, -0.2) is 4.79 Å². The first-order chi connectivity index (χ1) is 9.74. The van der Waals surface area contributed by atoms with Crippen LogP contribution in [0.2, 0.25) is 0 Å². The smallest absolute Gasteiger partial charge is 0.345 e. The lowest BCUT2D eigenvalue weighted by Crippen LogP contribution is -2.17. The SMILES string of the molecule is CC(=NC1CCCCC1)c1cc2ccccc2oc1=O. The second kappa shape index (κ2) is 5.61. The predicted octanol–water partition coefficient (Wildman–Crippen LogP) is 3.93. The molecule has 3 heteroatoms. The zero-order valence-corrected chi connectivity index (χ0v) is 11.8. The van der Waals surface area contributed by atoms with Crippen molar-refractivity contribution in [1.29, 1.82) is 0 Å². The summed E-state index contributed by atoms with van der Waals surface area (Å²) < 4.78 is 5.37. The van der Waals surface area contributed by atoms with Crippen molar-refractivity contribution in [3.8, 4) is 0 Å². The number of para-hydroxylation sites is 1. The second-order valence-corrected chi connectivity index (χ2v) is 5.49. The van der Waals surface area contributed by atoms with Crippen LogP contribution in [0.1, 0.15) is 44.6 Å². The molecule has 1 saturated carbocycles. The van der Waals surface area contributed by atoms with Crippen LogP contribution in [0.3, 0.4) is 0 Å². The maximum atomic E-state index is 12.1. The van der Waals surface area contributed by atoms with E-state index in [0.717, 1.165) is 23.9 Å². The van der Waals surface area contributed by atoms with E-state index in [9.17, 15) is 4.79 Å². The lowest BCUT2D eigenvalue weighted by Gasteiger charge is -2.18. The average molecular weight is 269 g/mol. The molecule has 1 aliphatic carbocycles. The van der Waals surface area contributed by atoms with Crippen molar-refractivity contribution < 1.29 is 4.42 Å². The van der Waals surface area contributed by atoms with E-state index in [0.29, 0.717) is 17.2 Å². The minimum Gasteiger partial charge on any atom is -0.422 e. The van der Waals surface area contributed by atoms with Gasteiger partial charge < -0.3 is 4.42 Å². The van der Waals surface area contributed by atoms with E-state index < -0.39 is 0 Å². The summed E-state index contributed by atoms with van der Waals surface area (Å²) in [6.45, 7) is 1.91. The van der Waals surface area contributed by atoms with Crippen molar-refractivity contribution in [2.45, 2.75) is 45.1 Å². The van der Waals surface area contributed by atoms with Crippen molar-refractivity contribution in [2.75, 3.05) is 0 Å². The highest BCUT2D eigenvalue weighted by molar-refractivity contribution is 6.00. The molecule has 0 spiro atoms. The quantitative estimate of drug-likeness (QED) is 0.612. The first-order valence-corrected chi connectivity index (χ1v) is 7.32. The van der Waals surface area contributed by atoms with Gasteiger partial charge in [-0.15, -0.1) is 0 Å². The number of benzene rings is 1. The van der Waals surface area contributed by atoms with E-state index in [1.54, 1.807) is 0 Å². The normalized spacial score (nSPS) is 17.6. The summed E-state index contributed by atoms with van der Waals surface area (Å²) in [6.07, 6.45) is 6.07. The van der Waals surface area contributed by atoms with Gasteiger partial charge in [-0.3, -0.25) is 4.99 Å². The molecule has 104 valence electrons.